The van der Waals surface area contributed by atoms with Gasteiger partial charge in [0, 0.05) is 21.4 Å². The van der Waals surface area contributed by atoms with Crippen LogP contribution in [-0.4, -0.2) is 10.2 Å². The van der Waals surface area contributed by atoms with E-state index in [2.05, 4.69) is 10.2 Å². The first-order valence-corrected chi connectivity index (χ1v) is 6.60. The van der Waals surface area contributed by atoms with Crippen LogP contribution in [0.4, 0.5) is 0 Å². The Morgan fingerprint density at radius 1 is 0.895 bits per heavy atom. The zero-order chi connectivity index (χ0) is 13.4. The second kappa shape index (κ2) is 4.80. The number of fused-ring (bicyclic) bond motifs is 1. The zero-order valence-corrected chi connectivity index (χ0v) is 11.7. The second-order valence-corrected chi connectivity index (χ2v) is 5.11. The first-order chi connectivity index (χ1) is 9.16. The molecule has 2 aromatic carbocycles. The number of hydrogen-bond donors (Lipinski definition) is 0. The number of halogens is 2. The van der Waals surface area contributed by atoms with E-state index in [1.807, 2.05) is 49.4 Å². The molecule has 0 atom stereocenters. The molecule has 1 heterocycles. The number of nitrogens with zero attached hydrogens (tertiary/aromatic N) is 2. The zero-order valence-electron chi connectivity index (χ0n) is 10.2. The molecule has 0 N–H and O–H groups in total. The third kappa shape index (κ3) is 2.18. The van der Waals surface area contributed by atoms with Crippen molar-refractivity contribution in [2.24, 2.45) is 0 Å². The van der Waals surface area contributed by atoms with Gasteiger partial charge in [0.15, 0.2) is 5.15 Å². The molecule has 0 bridgehead atoms. The molecule has 0 fully saturated rings. The molecule has 0 saturated heterocycles. The van der Waals surface area contributed by atoms with Crippen molar-refractivity contribution in [2.75, 3.05) is 0 Å². The van der Waals surface area contributed by atoms with Gasteiger partial charge in [-0.25, -0.2) is 0 Å². The maximum atomic E-state index is 6.17. The highest BCUT2D eigenvalue weighted by Gasteiger charge is 2.10. The summed E-state index contributed by atoms with van der Waals surface area (Å²) >= 11 is 12.2. The van der Waals surface area contributed by atoms with Crippen LogP contribution in [0.25, 0.3) is 22.0 Å². The number of rotatable bonds is 1. The van der Waals surface area contributed by atoms with E-state index in [4.69, 9.17) is 23.2 Å². The highest BCUT2D eigenvalue weighted by Crippen LogP contribution is 2.31. The van der Waals surface area contributed by atoms with Gasteiger partial charge >= 0.3 is 0 Å². The molecule has 0 radical (unpaired) electrons. The maximum absolute atomic E-state index is 6.17. The fourth-order valence-corrected chi connectivity index (χ4v) is 2.41. The topological polar surface area (TPSA) is 25.8 Å². The fourth-order valence-electron chi connectivity index (χ4n) is 2.02. The van der Waals surface area contributed by atoms with Crippen LogP contribution in [0.15, 0.2) is 42.5 Å². The smallest absolute Gasteiger partial charge is 0.148 e. The lowest BCUT2D eigenvalue weighted by Gasteiger charge is -2.07. The van der Waals surface area contributed by atoms with Crippen LogP contribution >= 0.6 is 23.2 Å². The van der Waals surface area contributed by atoms with Crippen LogP contribution in [0.2, 0.25) is 10.2 Å². The molecule has 0 saturated carbocycles. The average molecular weight is 289 g/mol. The van der Waals surface area contributed by atoms with E-state index < -0.39 is 0 Å². The van der Waals surface area contributed by atoms with Crippen molar-refractivity contribution in [3.8, 4) is 11.3 Å². The normalized spacial score (nSPS) is 10.9. The first-order valence-electron chi connectivity index (χ1n) is 5.84. The first kappa shape index (κ1) is 12.4. The van der Waals surface area contributed by atoms with Crippen LogP contribution in [0.5, 0.6) is 0 Å². The maximum Gasteiger partial charge on any atom is 0.159 e. The van der Waals surface area contributed by atoms with Crippen molar-refractivity contribution in [2.45, 2.75) is 6.92 Å². The van der Waals surface area contributed by atoms with Gasteiger partial charge in [-0.05, 0) is 18.6 Å². The van der Waals surface area contributed by atoms with E-state index in [0.717, 1.165) is 32.6 Å². The molecule has 0 aliphatic heterocycles. The molecule has 3 aromatic rings. The number of hydrogen-bond acceptors (Lipinski definition) is 2. The summed E-state index contributed by atoms with van der Waals surface area (Å²) in [7, 11) is 0. The van der Waals surface area contributed by atoms with Gasteiger partial charge in [0.2, 0.25) is 0 Å². The molecule has 0 aliphatic rings. The van der Waals surface area contributed by atoms with E-state index in [1.54, 1.807) is 0 Å². The molecule has 0 spiro atoms. The Kier molecular flexibility index (Phi) is 3.13. The second-order valence-electron chi connectivity index (χ2n) is 4.35. The Labute approximate surface area is 121 Å². The number of aryl methyl sites for hydroxylation is 1. The van der Waals surface area contributed by atoms with Gasteiger partial charge in [0.25, 0.3) is 0 Å². The summed E-state index contributed by atoms with van der Waals surface area (Å²) < 4.78 is 0. The number of aromatic nitrogens is 2. The molecule has 2 nitrogen and oxygen atoms in total. The Hall–Kier alpha value is -1.64. The fraction of sp³-hybridized carbons (Fsp3) is 0.0667. The van der Waals surface area contributed by atoms with E-state index >= 15 is 0 Å². The molecular formula is C15H10Cl2N2. The number of benzene rings is 2. The minimum absolute atomic E-state index is 0.414. The van der Waals surface area contributed by atoms with Gasteiger partial charge in [-0.2, -0.15) is 0 Å². The van der Waals surface area contributed by atoms with Gasteiger partial charge in [-0.3, -0.25) is 0 Å². The lowest BCUT2D eigenvalue weighted by atomic mass is 10.0. The van der Waals surface area contributed by atoms with E-state index in [0.29, 0.717) is 5.15 Å². The monoisotopic (exact) mass is 288 g/mol. The molecule has 94 valence electrons. The van der Waals surface area contributed by atoms with Crippen LogP contribution in [0.1, 0.15) is 5.56 Å². The lowest BCUT2D eigenvalue weighted by molar-refractivity contribution is 1.06. The van der Waals surface area contributed by atoms with Crippen LogP contribution < -0.4 is 0 Å². The lowest BCUT2D eigenvalue weighted by Crippen LogP contribution is -1.91. The standard InChI is InChI=1S/C15H10Cl2N2/c1-9-6-7-10(8-13(9)16)14-11-4-2-3-5-12(11)15(17)19-18-14/h2-8H,1H3. The van der Waals surface area contributed by atoms with Crippen LogP contribution in [-0.2, 0) is 0 Å². The Balaban J connectivity index is 2.31. The predicted octanol–water partition coefficient (Wildman–Crippen LogP) is 4.91. The summed E-state index contributed by atoms with van der Waals surface area (Å²) in [5.41, 5.74) is 2.77. The molecule has 0 unspecified atom stereocenters. The van der Waals surface area contributed by atoms with Crippen molar-refractivity contribution < 1.29 is 0 Å². The highest BCUT2D eigenvalue weighted by atomic mass is 35.5. The van der Waals surface area contributed by atoms with Crippen molar-refractivity contribution >= 4 is 34.0 Å². The van der Waals surface area contributed by atoms with E-state index in [9.17, 15) is 0 Å². The van der Waals surface area contributed by atoms with Crippen molar-refractivity contribution in [1.29, 1.82) is 0 Å². The minimum Gasteiger partial charge on any atom is -0.148 e. The minimum atomic E-state index is 0.414. The molecule has 0 amide bonds. The third-order valence-corrected chi connectivity index (χ3v) is 3.77. The van der Waals surface area contributed by atoms with Crippen LogP contribution in [0.3, 0.4) is 0 Å². The SMILES string of the molecule is Cc1ccc(-c2nnc(Cl)c3ccccc23)cc1Cl. The van der Waals surface area contributed by atoms with E-state index in [1.165, 1.54) is 0 Å². The molecule has 0 aliphatic carbocycles. The van der Waals surface area contributed by atoms with Gasteiger partial charge in [-0.15, -0.1) is 10.2 Å². The Morgan fingerprint density at radius 3 is 2.37 bits per heavy atom. The summed E-state index contributed by atoms with van der Waals surface area (Å²) in [5.74, 6) is 0. The molecule has 4 heteroatoms. The quantitative estimate of drug-likeness (QED) is 0.636. The Morgan fingerprint density at radius 2 is 1.63 bits per heavy atom. The average Bonchev–Trinajstić information content (AvgIpc) is 2.43. The van der Waals surface area contributed by atoms with Gasteiger partial charge in [0.1, 0.15) is 5.69 Å². The summed E-state index contributed by atoms with van der Waals surface area (Å²) in [5, 5.41) is 11.2. The summed E-state index contributed by atoms with van der Waals surface area (Å²) in [6.45, 7) is 1.97. The van der Waals surface area contributed by atoms with E-state index in [-0.39, 0.29) is 0 Å². The van der Waals surface area contributed by atoms with Gasteiger partial charge in [-0.1, -0.05) is 59.6 Å². The predicted molar refractivity (Wildman–Crippen MR) is 79.7 cm³/mol. The summed E-state index contributed by atoms with van der Waals surface area (Å²) in [4.78, 5) is 0. The van der Waals surface area contributed by atoms with Crippen LogP contribution in [0, 0.1) is 6.92 Å². The van der Waals surface area contributed by atoms with Crippen molar-refractivity contribution in [3.63, 3.8) is 0 Å². The van der Waals surface area contributed by atoms with Crippen molar-refractivity contribution in [3.05, 3.63) is 58.2 Å². The highest BCUT2D eigenvalue weighted by molar-refractivity contribution is 6.34. The van der Waals surface area contributed by atoms with Gasteiger partial charge in [0.05, 0.1) is 0 Å². The molecule has 19 heavy (non-hydrogen) atoms. The molecule has 1 aromatic heterocycles. The summed E-state index contributed by atoms with van der Waals surface area (Å²) in [6, 6.07) is 13.7. The molecular weight excluding hydrogens is 279 g/mol. The van der Waals surface area contributed by atoms with Gasteiger partial charge < -0.3 is 0 Å². The molecule has 3 rings (SSSR count). The Bertz CT molecular complexity index is 769. The summed E-state index contributed by atoms with van der Waals surface area (Å²) in [6.07, 6.45) is 0. The van der Waals surface area contributed by atoms with Crippen molar-refractivity contribution in [1.82, 2.24) is 10.2 Å². The largest absolute Gasteiger partial charge is 0.159 e. The third-order valence-electron chi connectivity index (χ3n) is 3.09.